The van der Waals surface area contributed by atoms with Crippen molar-refractivity contribution in [1.29, 1.82) is 0 Å². The van der Waals surface area contributed by atoms with Crippen LogP contribution in [0.25, 0.3) is 43.8 Å². The molecule has 0 unspecified atom stereocenters. The van der Waals surface area contributed by atoms with Gasteiger partial charge in [0, 0.05) is 0 Å². The normalized spacial score (nSPS) is 10.9. The smallest absolute Gasteiger partial charge is 1.00 e. The Morgan fingerprint density at radius 1 is 0.311 bits per heavy atom. The fourth-order valence-electron chi connectivity index (χ4n) is 9.72. The number of fused-ring (bicyclic) bond motifs is 8. The fourth-order valence-corrected chi connectivity index (χ4v) is 14.5. The van der Waals surface area contributed by atoms with E-state index in [-0.39, 0.29) is 61.8 Å². The minimum atomic E-state index is -0.493. The zero-order valence-corrected chi connectivity index (χ0v) is 47.3. The van der Waals surface area contributed by atoms with Gasteiger partial charge in [0.15, 0.2) is 0 Å². The number of rotatable bonds is 6. The van der Waals surface area contributed by atoms with Crippen molar-refractivity contribution in [1.82, 2.24) is 0 Å². The van der Waals surface area contributed by atoms with E-state index >= 15 is 0 Å². The summed E-state index contributed by atoms with van der Waals surface area (Å²) in [6, 6.07) is 106. The van der Waals surface area contributed by atoms with Crippen LogP contribution in [0.3, 0.4) is 0 Å². The van der Waals surface area contributed by atoms with Crippen molar-refractivity contribution in [2.75, 3.05) is 0 Å². The molecule has 12 aromatic carbocycles. The molecular formula is C68H50F2P2Zr2-2. The average molecular weight is 1150 g/mol. The molecule has 0 aliphatic heterocycles. The van der Waals surface area contributed by atoms with Crippen LogP contribution in [0.2, 0.25) is 0 Å². The Bertz CT molecular complexity index is 3160. The Labute approximate surface area is 475 Å². The predicted octanol–water partition coefficient (Wildman–Crippen LogP) is 8.75. The number of hydrogen-bond acceptors (Lipinski definition) is 0. The van der Waals surface area contributed by atoms with Gasteiger partial charge in [0.1, 0.15) is 0 Å². The van der Waals surface area contributed by atoms with Gasteiger partial charge < -0.3 is 9.41 Å². The van der Waals surface area contributed by atoms with E-state index in [1.54, 1.807) is 0 Å². The third kappa shape index (κ3) is 12.7. The molecule has 0 heterocycles. The van der Waals surface area contributed by atoms with Crippen LogP contribution < -0.4 is 41.2 Å². The van der Waals surface area contributed by atoms with E-state index in [1.165, 1.54) is 97.9 Å². The molecule has 0 spiro atoms. The van der Waals surface area contributed by atoms with E-state index < -0.39 is 15.8 Å². The molecule has 2 aliphatic rings. The van der Waals surface area contributed by atoms with Crippen LogP contribution in [0.1, 0.15) is 22.3 Å². The first-order chi connectivity index (χ1) is 34.7. The van der Waals surface area contributed by atoms with Crippen LogP contribution in [-0.2, 0) is 65.2 Å². The molecule has 356 valence electrons. The molecule has 74 heavy (non-hydrogen) atoms. The largest absolute Gasteiger partial charge is 2.00 e. The van der Waals surface area contributed by atoms with Gasteiger partial charge in [0.2, 0.25) is 0 Å². The van der Waals surface area contributed by atoms with Crippen LogP contribution in [0.4, 0.5) is 0 Å². The van der Waals surface area contributed by atoms with E-state index in [4.69, 9.17) is 0 Å². The van der Waals surface area contributed by atoms with Crippen molar-refractivity contribution in [2.45, 2.75) is 12.8 Å². The van der Waals surface area contributed by atoms with Crippen molar-refractivity contribution in [2.24, 2.45) is 0 Å². The SMILES string of the molecule is [F-].[F-].[Zr+2].[Zr+2].[c-]1cccc2c1Cc1ccccc1-2.[c-]1cccc2c1Cc1ccccc1-2.c1ccc(P(c2ccccc2)c2cc3ccccc3[cH-]2)cc1.c1ccc(P(c2ccccc2)c2cc3ccccc3[cH-]2)cc1. The standard InChI is InChI=1S/2C21H16P.2C13H9.2FH.2Zr/c2*1-3-11-19(12-4-1)22(20-13-5-2-6-14-20)21-15-17-9-7-8-10-18(17)16-21;2*1-3-7-12-10(5-1)9-11-6-2-4-8-13(11)12;;;;/h2*1-16H;2*1-5,7-8H,9H2;2*1H;;/q4*-1;;;2*+2/p-2. The molecule has 0 fully saturated rings. The number of halogens is 2. The van der Waals surface area contributed by atoms with Crippen LogP contribution >= 0.6 is 15.8 Å². The summed E-state index contributed by atoms with van der Waals surface area (Å²) in [4.78, 5) is 0. The van der Waals surface area contributed by atoms with Crippen LogP contribution in [-0.4, -0.2) is 0 Å². The fraction of sp³-hybridized carbons (Fsp3) is 0.0294. The summed E-state index contributed by atoms with van der Waals surface area (Å²) in [5.41, 5.74) is 11.0. The van der Waals surface area contributed by atoms with Crippen molar-refractivity contribution < 1.29 is 61.8 Å². The first kappa shape index (κ1) is 55.7. The zero-order valence-electron chi connectivity index (χ0n) is 40.6. The molecule has 2 aliphatic carbocycles. The van der Waals surface area contributed by atoms with E-state index in [0.29, 0.717) is 0 Å². The summed E-state index contributed by atoms with van der Waals surface area (Å²) in [6.07, 6.45) is 2.10. The van der Waals surface area contributed by atoms with Gasteiger partial charge in [0.25, 0.3) is 0 Å². The predicted molar refractivity (Wildman–Crippen MR) is 304 cm³/mol. The van der Waals surface area contributed by atoms with E-state index in [1.807, 2.05) is 12.1 Å². The summed E-state index contributed by atoms with van der Waals surface area (Å²) < 4.78 is 0. The molecule has 0 N–H and O–H groups in total. The molecule has 0 saturated carbocycles. The van der Waals surface area contributed by atoms with E-state index in [0.717, 1.165) is 12.8 Å². The molecule has 0 saturated heterocycles. The van der Waals surface area contributed by atoms with Crippen LogP contribution in [0.15, 0.2) is 279 Å². The molecule has 0 radical (unpaired) electrons. The third-order valence-electron chi connectivity index (χ3n) is 13.0. The summed E-state index contributed by atoms with van der Waals surface area (Å²) in [7, 11) is -0.986. The Hall–Kier alpha value is -6.09. The molecule has 12 aromatic rings. The summed E-state index contributed by atoms with van der Waals surface area (Å²) in [5, 5.41) is 13.8. The first-order valence-corrected chi connectivity index (χ1v) is 26.7. The van der Waals surface area contributed by atoms with Crippen molar-refractivity contribution in [3.63, 3.8) is 0 Å². The first-order valence-electron chi connectivity index (χ1n) is 24.0. The minimum absolute atomic E-state index is 0. The quantitative estimate of drug-likeness (QED) is 0.116. The van der Waals surface area contributed by atoms with Gasteiger partial charge in [-0.3, -0.25) is 0 Å². The number of benzene rings is 10. The monoisotopic (exact) mass is 1150 g/mol. The Morgan fingerprint density at radius 2 is 0.608 bits per heavy atom. The number of hydrogen-bond donors (Lipinski definition) is 0. The van der Waals surface area contributed by atoms with E-state index in [2.05, 4.69) is 279 Å². The molecule has 0 aromatic heterocycles. The van der Waals surface area contributed by atoms with Gasteiger partial charge in [-0.2, -0.15) is 71.8 Å². The minimum Gasteiger partial charge on any atom is -1.00 e. The summed E-state index contributed by atoms with van der Waals surface area (Å²) >= 11 is 0. The molecule has 6 heteroatoms. The second kappa shape index (κ2) is 26.9. The Balaban J connectivity index is 0.000000145. The summed E-state index contributed by atoms with van der Waals surface area (Å²) in [5.74, 6) is 0. The van der Waals surface area contributed by atoms with Gasteiger partial charge in [-0.15, -0.1) is 91.8 Å². The van der Waals surface area contributed by atoms with Gasteiger partial charge in [0.05, 0.1) is 0 Å². The van der Waals surface area contributed by atoms with Gasteiger partial charge in [-0.1, -0.05) is 204 Å². The Kier molecular flexibility index (Phi) is 20.2. The van der Waals surface area contributed by atoms with Crippen molar-refractivity contribution in [3.8, 4) is 22.3 Å². The Morgan fingerprint density at radius 3 is 0.959 bits per heavy atom. The second-order valence-corrected chi connectivity index (χ2v) is 21.9. The molecule has 0 atom stereocenters. The van der Waals surface area contributed by atoms with Crippen LogP contribution in [0, 0.1) is 12.1 Å². The maximum atomic E-state index is 3.30. The molecular weight excluding hydrogens is 1100 g/mol. The topological polar surface area (TPSA) is 0 Å². The third-order valence-corrected chi connectivity index (χ3v) is 17.8. The van der Waals surface area contributed by atoms with Crippen LogP contribution in [0.5, 0.6) is 0 Å². The average Bonchev–Trinajstić information content (AvgIpc) is 4.24. The second-order valence-electron chi connectivity index (χ2n) is 17.5. The van der Waals surface area contributed by atoms with Crippen molar-refractivity contribution >= 4 is 69.2 Å². The van der Waals surface area contributed by atoms with Gasteiger partial charge in [-0.25, -0.2) is 0 Å². The zero-order chi connectivity index (χ0) is 46.9. The molecule has 14 rings (SSSR count). The summed E-state index contributed by atoms with van der Waals surface area (Å²) in [6.45, 7) is 0. The van der Waals surface area contributed by atoms with Gasteiger partial charge >= 0.3 is 52.4 Å². The van der Waals surface area contributed by atoms with Gasteiger partial charge in [-0.05, 0) is 49.9 Å². The maximum Gasteiger partial charge on any atom is 2.00 e. The van der Waals surface area contributed by atoms with E-state index in [9.17, 15) is 0 Å². The van der Waals surface area contributed by atoms with Crippen molar-refractivity contribution in [3.05, 3.63) is 313 Å². The maximum absolute atomic E-state index is 3.30. The molecule has 0 amide bonds. The molecule has 0 nitrogen and oxygen atoms in total. The molecule has 0 bridgehead atoms.